The minimum atomic E-state index is -0.175. The molecule has 4 aromatic carbocycles. The van der Waals surface area contributed by atoms with Crippen molar-refractivity contribution in [2.24, 2.45) is 5.92 Å². The smallest absolute Gasteiger partial charge is 0.228 e. The summed E-state index contributed by atoms with van der Waals surface area (Å²) in [4.78, 5) is 14.1. The minimum absolute atomic E-state index is 0.105. The lowest BCUT2D eigenvalue weighted by Crippen LogP contribution is -2.36. The van der Waals surface area contributed by atoms with Gasteiger partial charge in [-0.25, -0.2) is 0 Å². The van der Waals surface area contributed by atoms with Crippen LogP contribution in [-0.4, -0.2) is 5.91 Å². The molecule has 0 bridgehead atoms. The zero-order valence-corrected chi connectivity index (χ0v) is 19.5. The maximum absolute atomic E-state index is 14.1. The number of carbonyl (C=O) groups is 1. The number of amides is 1. The fourth-order valence-electron chi connectivity index (χ4n) is 6.33. The van der Waals surface area contributed by atoms with Crippen molar-refractivity contribution in [2.75, 3.05) is 0 Å². The van der Waals surface area contributed by atoms with E-state index in [9.17, 15) is 4.79 Å². The molecule has 0 aliphatic heterocycles. The maximum Gasteiger partial charge on any atom is 0.228 e. The first kappa shape index (κ1) is 21.2. The Kier molecular flexibility index (Phi) is 5.66. The number of benzene rings is 4. The molecular formula is C32H31NO. The average molecular weight is 446 g/mol. The highest BCUT2D eigenvalue weighted by Crippen LogP contribution is 2.40. The molecule has 1 saturated carbocycles. The quantitative estimate of drug-likeness (QED) is 0.336. The van der Waals surface area contributed by atoms with E-state index >= 15 is 0 Å². The van der Waals surface area contributed by atoms with Gasteiger partial charge in [-0.3, -0.25) is 4.79 Å². The van der Waals surface area contributed by atoms with E-state index in [4.69, 9.17) is 0 Å². The first-order valence-corrected chi connectivity index (χ1v) is 12.7. The van der Waals surface area contributed by atoms with Crippen LogP contribution in [-0.2, 0) is 17.6 Å². The van der Waals surface area contributed by atoms with Gasteiger partial charge in [-0.1, -0.05) is 104 Å². The lowest BCUT2D eigenvalue weighted by atomic mass is 9.83. The molecule has 1 amide bonds. The number of nitrogens with one attached hydrogen (secondary N) is 1. The molecule has 4 aromatic rings. The van der Waals surface area contributed by atoms with Crippen LogP contribution in [0.1, 0.15) is 65.5 Å². The second-order valence-corrected chi connectivity index (χ2v) is 9.94. The van der Waals surface area contributed by atoms with Crippen molar-refractivity contribution in [3.05, 3.63) is 119 Å². The van der Waals surface area contributed by atoms with Crippen LogP contribution < -0.4 is 5.32 Å². The molecule has 2 nitrogen and oxygen atoms in total. The lowest BCUT2D eigenvalue weighted by molar-refractivity contribution is -0.124. The number of hydrogen-bond acceptors (Lipinski definition) is 1. The van der Waals surface area contributed by atoms with Crippen LogP contribution >= 0.6 is 0 Å². The van der Waals surface area contributed by atoms with E-state index in [2.05, 4.69) is 84.2 Å². The predicted octanol–water partition coefficient (Wildman–Crippen LogP) is 7.12. The second kappa shape index (κ2) is 9.10. The third-order valence-electron chi connectivity index (χ3n) is 7.95. The van der Waals surface area contributed by atoms with E-state index in [1.165, 1.54) is 40.3 Å². The Morgan fingerprint density at radius 2 is 1.35 bits per heavy atom. The normalized spacial score (nSPS) is 17.1. The fraction of sp³-hybridized carbons (Fsp3) is 0.281. The molecule has 0 unspecified atom stereocenters. The number of aryl methyl sites for hydroxylation is 2. The highest BCUT2D eigenvalue weighted by Gasteiger charge is 2.34. The molecule has 0 heterocycles. The first-order valence-electron chi connectivity index (χ1n) is 12.7. The van der Waals surface area contributed by atoms with Crippen LogP contribution in [0.2, 0.25) is 0 Å². The summed E-state index contributed by atoms with van der Waals surface area (Å²) in [6.45, 7) is 0. The van der Waals surface area contributed by atoms with Crippen LogP contribution in [0.15, 0.2) is 91.0 Å². The van der Waals surface area contributed by atoms with Gasteiger partial charge in [0.25, 0.3) is 0 Å². The van der Waals surface area contributed by atoms with Gasteiger partial charge in [0.1, 0.15) is 0 Å². The summed E-state index contributed by atoms with van der Waals surface area (Å²) in [5.74, 6) is 0.452. The van der Waals surface area contributed by atoms with E-state index in [0.29, 0.717) is 5.92 Å². The summed E-state index contributed by atoms with van der Waals surface area (Å²) in [7, 11) is 0. The Balaban J connectivity index is 1.43. The monoisotopic (exact) mass is 445 g/mol. The molecular weight excluding hydrogens is 414 g/mol. The highest BCUT2D eigenvalue weighted by molar-refractivity contribution is 5.94. The molecule has 0 aromatic heterocycles. The van der Waals surface area contributed by atoms with Crippen molar-refractivity contribution in [3.8, 4) is 0 Å². The summed E-state index contributed by atoms with van der Waals surface area (Å²) in [6, 6.07) is 31.9. The van der Waals surface area contributed by atoms with Crippen LogP contribution in [0.5, 0.6) is 0 Å². The van der Waals surface area contributed by atoms with Crippen molar-refractivity contribution in [1.29, 1.82) is 0 Å². The SMILES string of the molecule is O=C(N[C@H](c1ccccc1)c1ccc2c3c(cccc13)CC2)[C@@H](c1ccccc1)C1CCCC1. The summed E-state index contributed by atoms with van der Waals surface area (Å²) < 4.78 is 0. The predicted molar refractivity (Wildman–Crippen MR) is 139 cm³/mol. The third kappa shape index (κ3) is 3.81. The van der Waals surface area contributed by atoms with Gasteiger partial charge in [-0.15, -0.1) is 0 Å². The lowest BCUT2D eigenvalue weighted by Gasteiger charge is -2.28. The Bertz CT molecular complexity index is 1290. The van der Waals surface area contributed by atoms with E-state index in [-0.39, 0.29) is 17.9 Å². The van der Waals surface area contributed by atoms with Gasteiger partial charge < -0.3 is 5.32 Å². The van der Waals surface area contributed by atoms with Crippen molar-refractivity contribution in [2.45, 2.75) is 50.5 Å². The first-order chi connectivity index (χ1) is 16.8. The summed E-state index contributed by atoms with van der Waals surface area (Å²) in [5.41, 5.74) is 6.33. The van der Waals surface area contributed by atoms with E-state index in [1.807, 2.05) is 12.1 Å². The van der Waals surface area contributed by atoms with Gasteiger partial charge in [-0.2, -0.15) is 0 Å². The molecule has 170 valence electrons. The van der Waals surface area contributed by atoms with Crippen LogP contribution in [0.3, 0.4) is 0 Å². The Morgan fingerprint density at radius 3 is 2.06 bits per heavy atom. The molecule has 0 spiro atoms. The van der Waals surface area contributed by atoms with Crippen molar-refractivity contribution >= 4 is 16.7 Å². The third-order valence-corrected chi connectivity index (χ3v) is 7.95. The summed E-state index contributed by atoms with van der Waals surface area (Å²) >= 11 is 0. The average Bonchev–Trinajstić information content (AvgIpc) is 3.56. The highest BCUT2D eigenvalue weighted by atomic mass is 16.2. The minimum Gasteiger partial charge on any atom is -0.345 e. The van der Waals surface area contributed by atoms with Gasteiger partial charge in [-0.05, 0) is 70.2 Å². The Hall–Kier alpha value is -3.39. The van der Waals surface area contributed by atoms with Gasteiger partial charge in [0.2, 0.25) is 5.91 Å². The maximum atomic E-state index is 14.1. The molecule has 0 radical (unpaired) electrons. The van der Waals surface area contributed by atoms with Gasteiger partial charge in [0.15, 0.2) is 0 Å². The van der Waals surface area contributed by atoms with Crippen LogP contribution in [0, 0.1) is 5.92 Å². The van der Waals surface area contributed by atoms with Crippen LogP contribution in [0.4, 0.5) is 0 Å². The summed E-state index contributed by atoms with van der Waals surface area (Å²) in [5, 5.41) is 6.21. The van der Waals surface area contributed by atoms with Gasteiger partial charge >= 0.3 is 0 Å². The molecule has 2 heteroatoms. The van der Waals surface area contributed by atoms with E-state index in [0.717, 1.165) is 36.8 Å². The molecule has 2 aliphatic rings. The molecule has 2 atom stereocenters. The number of hydrogen-bond donors (Lipinski definition) is 1. The molecule has 34 heavy (non-hydrogen) atoms. The molecule has 0 saturated heterocycles. The van der Waals surface area contributed by atoms with Gasteiger partial charge in [0, 0.05) is 0 Å². The van der Waals surface area contributed by atoms with E-state index in [1.54, 1.807) is 0 Å². The zero-order chi connectivity index (χ0) is 22.9. The largest absolute Gasteiger partial charge is 0.345 e. The molecule has 2 aliphatic carbocycles. The number of rotatable bonds is 6. The van der Waals surface area contributed by atoms with Crippen molar-refractivity contribution < 1.29 is 4.79 Å². The Morgan fingerprint density at radius 1 is 0.706 bits per heavy atom. The topological polar surface area (TPSA) is 29.1 Å². The van der Waals surface area contributed by atoms with Gasteiger partial charge in [0.05, 0.1) is 12.0 Å². The number of carbonyl (C=O) groups excluding carboxylic acids is 1. The van der Waals surface area contributed by atoms with Crippen molar-refractivity contribution in [3.63, 3.8) is 0 Å². The molecule has 6 rings (SSSR count). The summed E-state index contributed by atoms with van der Waals surface area (Å²) in [6.07, 6.45) is 6.91. The standard InChI is InChI=1S/C32H31NO/c34-32(30(23-12-7-8-13-23)22-10-3-1-4-11-22)33-31(26-14-5-2-6-15-26)28-21-20-25-19-18-24-16-9-17-27(28)29(24)25/h1-6,9-11,14-17,20-21,23,30-31H,7-8,12-13,18-19H2,(H,33,34)/t30-,31+/m0/s1. The fourth-order valence-corrected chi connectivity index (χ4v) is 6.33. The zero-order valence-electron chi connectivity index (χ0n) is 19.5. The van der Waals surface area contributed by atoms with Crippen LogP contribution in [0.25, 0.3) is 10.8 Å². The van der Waals surface area contributed by atoms with Crippen molar-refractivity contribution in [1.82, 2.24) is 5.32 Å². The second-order valence-electron chi connectivity index (χ2n) is 9.94. The Labute approximate surface area is 202 Å². The molecule has 1 N–H and O–H groups in total. The van der Waals surface area contributed by atoms with E-state index < -0.39 is 0 Å². The molecule has 1 fully saturated rings.